The van der Waals surface area contributed by atoms with Gasteiger partial charge in [0.25, 0.3) is 5.91 Å². The Kier molecular flexibility index (Phi) is 4.15. The molecule has 4 nitrogen and oxygen atoms in total. The standard InChI is InChI=1S/C15H14ClNO3/c1-9-7-12(14(20-2)8-11(9)16)17-15(19)10-5-3-4-6-13(10)18/h3-8,18H,1-2H3,(H,17,19). The highest BCUT2D eigenvalue weighted by atomic mass is 35.5. The number of nitrogens with one attached hydrogen (secondary N) is 1. The molecule has 0 heterocycles. The lowest BCUT2D eigenvalue weighted by Gasteiger charge is -2.12. The van der Waals surface area contributed by atoms with Gasteiger partial charge in [0.05, 0.1) is 18.4 Å². The first kappa shape index (κ1) is 14.2. The van der Waals surface area contributed by atoms with Crippen LogP contribution in [-0.4, -0.2) is 18.1 Å². The molecule has 0 aliphatic rings. The van der Waals surface area contributed by atoms with E-state index in [0.29, 0.717) is 16.5 Å². The van der Waals surface area contributed by atoms with E-state index in [4.69, 9.17) is 16.3 Å². The quantitative estimate of drug-likeness (QED) is 0.908. The third kappa shape index (κ3) is 2.86. The zero-order valence-electron chi connectivity index (χ0n) is 11.1. The highest BCUT2D eigenvalue weighted by molar-refractivity contribution is 6.31. The van der Waals surface area contributed by atoms with E-state index in [1.54, 1.807) is 30.3 Å². The minimum Gasteiger partial charge on any atom is -0.507 e. The highest BCUT2D eigenvalue weighted by Crippen LogP contribution is 2.31. The summed E-state index contributed by atoms with van der Waals surface area (Å²) in [6.07, 6.45) is 0. The Balaban J connectivity index is 2.33. The van der Waals surface area contributed by atoms with Gasteiger partial charge in [-0.05, 0) is 30.7 Å². The van der Waals surface area contributed by atoms with Crippen LogP contribution in [0.15, 0.2) is 36.4 Å². The molecule has 0 aliphatic carbocycles. The topological polar surface area (TPSA) is 58.6 Å². The van der Waals surface area contributed by atoms with Crippen LogP contribution in [0.1, 0.15) is 15.9 Å². The van der Waals surface area contributed by atoms with Crippen molar-refractivity contribution in [1.29, 1.82) is 0 Å². The van der Waals surface area contributed by atoms with Crippen molar-refractivity contribution < 1.29 is 14.6 Å². The molecule has 0 unspecified atom stereocenters. The van der Waals surface area contributed by atoms with Crippen molar-refractivity contribution in [1.82, 2.24) is 0 Å². The Morgan fingerprint density at radius 2 is 2.00 bits per heavy atom. The molecule has 2 N–H and O–H groups in total. The summed E-state index contributed by atoms with van der Waals surface area (Å²) in [5.74, 6) is -0.0258. The third-order valence-corrected chi connectivity index (χ3v) is 3.28. The van der Waals surface area contributed by atoms with Crippen LogP contribution in [0, 0.1) is 6.92 Å². The van der Waals surface area contributed by atoms with E-state index < -0.39 is 5.91 Å². The number of carbonyl (C=O) groups excluding carboxylic acids is 1. The summed E-state index contributed by atoms with van der Waals surface area (Å²) in [6.45, 7) is 1.83. The van der Waals surface area contributed by atoms with Gasteiger partial charge in [-0.25, -0.2) is 0 Å². The number of amides is 1. The molecule has 5 heteroatoms. The molecule has 0 aromatic heterocycles. The van der Waals surface area contributed by atoms with Gasteiger partial charge in [0.2, 0.25) is 0 Å². The lowest BCUT2D eigenvalue weighted by atomic mass is 10.1. The molecular weight excluding hydrogens is 278 g/mol. The second-order valence-electron chi connectivity index (χ2n) is 4.27. The summed E-state index contributed by atoms with van der Waals surface area (Å²) in [5.41, 5.74) is 1.52. The fourth-order valence-corrected chi connectivity index (χ4v) is 1.94. The maximum atomic E-state index is 12.1. The highest BCUT2D eigenvalue weighted by Gasteiger charge is 2.14. The molecule has 0 atom stereocenters. The van der Waals surface area contributed by atoms with Crippen molar-refractivity contribution in [2.45, 2.75) is 6.92 Å². The Labute approximate surface area is 122 Å². The molecule has 0 aliphatic heterocycles. The Hall–Kier alpha value is -2.20. The van der Waals surface area contributed by atoms with Crippen molar-refractivity contribution in [3.63, 3.8) is 0 Å². The number of hydrogen-bond donors (Lipinski definition) is 2. The fraction of sp³-hybridized carbons (Fsp3) is 0.133. The lowest BCUT2D eigenvalue weighted by molar-refractivity contribution is 0.102. The van der Waals surface area contributed by atoms with Crippen LogP contribution in [-0.2, 0) is 0 Å². The van der Waals surface area contributed by atoms with Gasteiger partial charge in [0.15, 0.2) is 0 Å². The molecule has 104 valence electrons. The summed E-state index contributed by atoms with van der Waals surface area (Å²) in [6, 6.07) is 9.69. The van der Waals surface area contributed by atoms with Crippen molar-refractivity contribution in [3.05, 3.63) is 52.5 Å². The first-order valence-electron chi connectivity index (χ1n) is 5.96. The second-order valence-corrected chi connectivity index (χ2v) is 4.68. The molecule has 2 aromatic carbocycles. The first-order valence-corrected chi connectivity index (χ1v) is 6.34. The van der Waals surface area contributed by atoms with Crippen molar-refractivity contribution >= 4 is 23.2 Å². The number of aryl methyl sites for hydroxylation is 1. The molecule has 0 bridgehead atoms. The third-order valence-electron chi connectivity index (χ3n) is 2.88. The van der Waals surface area contributed by atoms with Crippen molar-refractivity contribution in [3.8, 4) is 11.5 Å². The van der Waals surface area contributed by atoms with E-state index in [1.165, 1.54) is 13.2 Å². The largest absolute Gasteiger partial charge is 0.507 e. The van der Waals surface area contributed by atoms with E-state index in [-0.39, 0.29) is 11.3 Å². The number of carbonyl (C=O) groups is 1. The van der Waals surface area contributed by atoms with Crippen LogP contribution in [0.3, 0.4) is 0 Å². The van der Waals surface area contributed by atoms with Crippen molar-refractivity contribution in [2.75, 3.05) is 12.4 Å². The Morgan fingerprint density at radius 3 is 2.65 bits per heavy atom. The predicted molar refractivity (Wildman–Crippen MR) is 78.8 cm³/mol. The van der Waals surface area contributed by atoms with E-state index in [9.17, 15) is 9.90 Å². The molecule has 1 amide bonds. The number of para-hydroxylation sites is 1. The SMILES string of the molecule is COc1cc(Cl)c(C)cc1NC(=O)c1ccccc1O. The van der Waals surface area contributed by atoms with Crippen LogP contribution in [0.4, 0.5) is 5.69 Å². The molecule has 0 radical (unpaired) electrons. The molecule has 0 saturated carbocycles. The number of rotatable bonds is 3. The number of phenols is 1. The van der Waals surface area contributed by atoms with Crippen LogP contribution < -0.4 is 10.1 Å². The minimum absolute atomic E-state index is 0.0744. The number of halogens is 1. The van der Waals surface area contributed by atoms with Gasteiger partial charge in [-0.2, -0.15) is 0 Å². The van der Waals surface area contributed by atoms with Crippen LogP contribution in [0.25, 0.3) is 0 Å². The molecule has 0 saturated heterocycles. The molecular formula is C15H14ClNO3. The zero-order valence-corrected chi connectivity index (χ0v) is 11.9. The molecule has 20 heavy (non-hydrogen) atoms. The smallest absolute Gasteiger partial charge is 0.259 e. The van der Waals surface area contributed by atoms with Gasteiger partial charge in [-0.1, -0.05) is 23.7 Å². The fourth-order valence-electron chi connectivity index (χ4n) is 1.79. The first-order chi connectivity index (χ1) is 9.52. The lowest BCUT2D eigenvalue weighted by Crippen LogP contribution is -2.13. The van der Waals surface area contributed by atoms with E-state index in [2.05, 4.69) is 5.32 Å². The van der Waals surface area contributed by atoms with Gasteiger partial charge in [-0.3, -0.25) is 4.79 Å². The van der Waals surface area contributed by atoms with Gasteiger partial charge in [0.1, 0.15) is 11.5 Å². The maximum absolute atomic E-state index is 12.1. The van der Waals surface area contributed by atoms with Crippen LogP contribution in [0.2, 0.25) is 5.02 Å². The summed E-state index contributed by atoms with van der Waals surface area (Å²) in [4.78, 5) is 12.1. The number of hydrogen-bond acceptors (Lipinski definition) is 3. The second kappa shape index (κ2) is 5.84. The maximum Gasteiger partial charge on any atom is 0.259 e. The number of aromatic hydroxyl groups is 1. The minimum atomic E-state index is -0.414. The van der Waals surface area contributed by atoms with Crippen molar-refractivity contribution in [2.24, 2.45) is 0 Å². The number of benzene rings is 2. The molecule has 2 aromatic rings. The number of phenolic OH excluding ortho intramolecular Hbond substituents is 1. The van der Waals surface area contributed by atoms with Gasteiger partial charge >= 0.3 is 0 Å². The summed E-state index contributed by atoms with van der Waals surface area (Å²) in [5, 5.41) is 12.9. The van der Waals surface area contributed by atoms with Gasteiger partial charge < -0.3 is 15.2 Å². The Bertz CT molecular complexity index is 656. The van der Waals surface area contributed by atoms with E-state index in [0.717, 1.165) is 5.56 Å². The van der Waals surface area contributed by atoms with E-state index >= 15 is 0 Å². The monoisotopic (exact) mass is 291 g/mol. The van der Waals surface area contributed by atoms with Gasteiger partial charge in [0, 0.05) is 11.1 Å². The molecule has 0 fully saturated rings. The van der Waals surface area contributed by atoms with Crippen LogP contribution >= 0.6 is 11.6 Å². The average Bonchev–Trinajstić information content (AvgIpc) is 2.43. The summed E-state index contributed by atoms with van der Waals surface area (Å²) in [7, 11) is 1.50. The molecule has 0 spiro atoms. The number of anilines is 1. The number of ether oxygens (including phenoxy) is 1. The summed E-state index contributed by atoms with van der Waals surface area (Å²) < 4.78 is 5.19. The van der Waals surface area contributed by atoms with Crippen LogP contribution in [0.5, 0.6) is 11.5 Å². The predicted octanol–water partition coefficient (Wildman–Crippen LogP) is 3.61. The van der Waals surface area contributed by atoms with E-state index in [1.807, 2.05) is 6.92 Å². The zero-order chi connectivity index (χ0) is 14.7. The van der Waals surface area contributed by atoms with Gasteiger partial charge in [-0.15, -0.1) is 0 Å². The number of methoxy groups -OCH3 is 1. The Morgan fingerprint density at radius 1 is 1.30 bits per heavy atom. The average molecular weight is 292 g/mol. The summed E-state index contributed by atoms with van der Waals surface area (Å²) >= 11 is 6.01. The molecule has 2 rings (SSSR count). The normalized spacial score (nSPS) is 10.2.